The van der Waals surface area contributed by atoms with E-state index >= 15 is 0 Å². The Bertz CT molecular complexity index is 1480. The highest BCUT2D eigenvalue weighted by Gasteiger charge is 2.31. The van der Waals surface area contributed by atoms with E-state index in [-0.39, 0.29) is 5.82 Å². The fourth-order valence-corrected chi connectivity index (χ4v) is 6.82. The maximum absolute atomic E-state index is 14.0. The van der Waals surface area contributed by atoms with Crippen LogP contribution in [0.2, 0.25) is 0 Å². The molecule has 1 aliphatic rings. The van der Waals surface area contributed by atoms with E-state index in [0.29, 0.717) is 49.0 Å². The van der Waals surface area contributed by atoms with Gasteiger partial charge in [0.25, 0.3) is 0 Å². The van der Waals surface area contributed by atoms with Crippen molar-refractivity contribution in [1.82, 2.24) is 23.7 Å². The Kier molecular flexibility index (Phi) is 6.16. The summed E-state index contributed by atoms with van der Waals surface area (Å²) in [5, 5.41) is 0. The molecule has 35 heavy (non-hydrogen) atoms. The first-order valence-corrected chi connectivity index (χ1v) is 13.1. The van der Waals surface area contributed by atoms with Crippen molar-refractivity contribution in [2.75, 3.05) is 26.2 Å². The molecule has 0 spiro atoms. The van der Waals surface area contributed by atoms with Crippen molar-refractivity contribution in [1.29, 1.82) is 0 Å². The van der Waals surface area contributed by atoms with Crippen molar-refractivity contribution in [2.45, 2.75) is 32.2 Å². The predicted octanol–water partition coefficient (Wildman–Crippen LogP) is 3.99. The molecule has 4 aromatic rings. The van der Waals surface area contributed by atoms with E-state index < -0.39 is 10.0 Å². The highest BCUT2D eigenvalue weighted by Crippen LogP contribution is 2.27. The maximum atomic E-state index is 14.0. The molecule has 7 nitrogen and oxygen atoms in total. The number of hydrogen-bond acceptors (Lipinski definition) is 5. The van der Waals surface area contributed by atoms with Gasteiger partial charge in [-0.15, -0.1) is 0 Å². The molecule has 1 aliphatic heterocycles. The van der Waals surface area contributed by atoms with E-state index in [0.717, 1.165) is 28.0 Å². The Labute approximate surface area is 204 Å². The zero-order chi connectivity index (χ0) is 24.7. The van der Waals surface area contributed by atoms with Gasteiger partial charge in [-0.1, -0.05) is 23.8 Å². The number of nitrogens with zero attached hydrogens (tertiary/aromatic N) is 5. The number of aromatic nitrogens is 3. The molecule has 1 saturated heterocycles. The topological polar surface area (TPSA) is 71.3 Å². The third-order valence-corrected chi connectivity index (χ3v) is 8.66. The first-order chi connectivity index (χ1) is 16.7. The van der Waals surface area contributed by atoms with Crippen LogP contribution < -0.4 is 0 Å². The van der Waals surface area contributed by atoms with Crippen molar-refractivity contribution in [3.63, 3.8) is 0 Å². The van der Waals surface area contributed by atoms with Gasteiger partial charge < -0.3 is 0 Å². The van der Waals surface area contributed by atoms with Crippen LogP contribution in [0, 0.1) is 26.6 Å². The molecule has 9 heteroatoms. The van der Waals surface area contributed by atoms with Crippen molar-refractivity contribution in [2.24, 2.45) is 0 Å². The largest absolute Gasteiger partial charge is 0.293 e. The van der Waals surface area contributed by atoms with Gasteiger partial charge in [0.15, 0.2) is 5.65 Å². The summed E-state index contributed by atoms with van der Waals surface area (Å²) >= 11 is 0. The summed E-state index contributed by atoms with van der Waals surface area (Å²) in [6.07, 6.45) is 1.70. The third kappa shape index (κ3) is 4.47. The quantitative estimate of drug-likeness (QED) is 0.420. The highest BCUT2D eigenvalue weighted by molar-refractivity contribution is 7.89. The Morgan fingerprint density at radius 3 is 2.34 bits per heavy atom. The fourth-order valence-electron chi connectivity index (χ4n) is 4.98. The average molecular weight is 494 g/mol. The SMILES string of the molecule is Cc1cc(C)c(S(=O)(=O)N2CCN(Cc3nc4cccnc4n3-c3cccc(F)c3)CC2)c(C)c1. The van der Waals surface area contributed by atoms with E-state index in [1.165, 1.54) is 12.1 Å². The number of pyridine rings is 1. The molecule has 2 aromatic heterocycles. The van der Waals surface area contributed by atoms with E-state index in [2.05, 4.69) is 9.88 Å². The number of aryl methyl sites for hydroxylation is 3. The smallest absolute Gasteiger partial charge is 0.243 e. The van der Waals surface area contributed by atoms with Crippen molar-refractivity contribution in [3.8, 4) is 5.69 Å². The molecule has 0 amide bonds. The summed E-state index contributed by atoms with van der Waals surface area (Å²) in [6.45, 7) is 8.13. The van der Waals surface area contributed by atoms with E-state index in [1.54, 1.807) is 16.6 Å². The molecule has 0 unspecified atom stereocenters. The van der Waals surface area contributed by atoms with Crippen molar-refractivity contribution in [3.05, 3.63) is 83.1 Å². The second-order valence-corrected chi connectivity index (χ2v) is 11.0. The van der Waals surface area contributed by atoms with E-state index in [1.807, 2.05) is 55.7 Å². The van der Waals surface area contributed by atoms with Crippen molar-refractivity contribution >= 4 is 21.2 Å². The summed E-state index contributed by atoms with van der Waals surface area (Å²) in [5.74, 6) is 0.414. The van der Waals surface area contributed by atoms with E-state index in [9.17, 15) is 12.8 Å². The van der Waals surface area contributed by atoms with Gasteiger partial charge in [0, 0.05) is 32.4 Å². The number of benzene rings is 2. The summed E-state index contributed by atoms with van der Waals surface area (Å²) in [4.78, 5) is 11.8. The zero-order valence-corrected chi connectivity index (χ0v) is 20.9. The maximum Gasteiger partial charge on any atom is 0.243 e. The molecule has 0 atom stereocenters. The van der Waals surface area contributed by atoms with Crippen molar-refractivity contribution < 1.29 is 12.8 Å². The van der Waals surface area contributed by atoms with Gasteiger partial charge in [0.05, 0.1) is 17.1 Å². The van der Waals surface area contributed by atoms with Crippen LogP contribution in [0.1, 0.15) is 22.5 Å². The number of rotatable bonds is 5. The summed E-state index contributed by atoms with van der Waals surface area (Å²) in [6, 6.07) is 13.9. The summed E-state index contributed by atoms with van der Waals surface area (Å²) in [7, 11) is -3.58. The first kappa shape index (κ1) is 23.6. The molecule has 0 radical (unpaired) electrons. The Hall–Kier alpha value is -3.14. The Balaban J connectivity index is 1.38. The zero-order valence-electron chi connectivity index (χ0n) is 20.1. The number of fused-ring (bicyclic) bond motifs is 1. The van der Waals surface area contributed by atoms with Crippen LogP contribution in [0.25, 0.3) is 16.9 Å². The Morgan fingerprint density at radius 2 is 1.66 bits per heavy atom. The molecule has 0 N–H and O–H groups in total. The lowest BCUT2D eigenvalue weighted by molar-refractivity contribution is 0.177. The molecule has 1 fully saturated rings. The second-order valence-electron chi connectivity index (χ2n) is 9.10. The minimum absolute atomic E-state index is 0.327. The molecule has 0 aliphatic carbocycles. The molecule has 0 bridgehead atoms. The van der Waals surface area contributed by atoms with Gasteiger partial charge in [0.1, 0.15) is 17.2 Å². The van der Waals surface area contributed by atoms with Crippen LogP contribution >= 0.6 is 0 Å². The number of imidazole rings is 1. The number of halogens is 1. The normalized spacial score (nSPS) is 15.7. The van der Waals surface area contributed by atoms with E-state index in [4.69, 9.17) is 4.98 Å². The molecule has 3 heterocycles. The molecular weight excluding hydrogens is 465 g/mol. The standard InChI is InChI=1S/C26H28FN5O2S/c1-18-14-19(2)25(20(3)15-18)35(33,34)31-12-10-30(11-13-31)17-24-29-23-8-5-9-28-26(23)32(24)22-7-4-6-21(27)16-22/h4-9,14-16H,10-13,17H2,1-3H3. The predicted molar refractivity (Wildman–Crippen MR) is 134 cm³/mol. The second kappa shape index (κ2) is 9.14. The lowest BCUT2D eigenvalue weighted by Crippen LogP contribution is -2.48. The lowest BCUT2D eigenvalue weighted by atomic mass is 10.1. The molecule has 2 aromatic carbocycles. The van der Waals surface area contributed by atoms with Crippen LogP contribution in [-0.4, -0.2) is 58.3 Å². The monoisotopic (exact) mass is 493 g/mol. The van der Waals surface area contributed by atoms with Gasteiger partial charge in [-0.05, 0) is 62.2 Å². The average Bonchev–Trinajstić information content (AvgIpc) is 3.16. The van der Waals surface area contributed by atoms with Gasteiger partial charge in [0.2, 0.25) is 10.0 Å². The minimum Gasteiger partial charge on any atom is -0.293 e. The van der Waals surface area contributed by atoms with Crippen LogP contribution in [0.4, 0.5) is 4.39 Å². The van der Waals surface area contributed by atoms with Gasteiger partial charge in [-0.2, -0.15) is 4.31 Å². The van der Waals surface area contributed by atoms with Crippen LogP contribution in [0.5, 0.6) is 0 Å². The number of piperazine rings is 1. The van der Waals surface area contributed by atoms with Gasteiger partial charge in [-0.25, -0.2) is 22.8 Å². The molecular formula is C26H28FN5O2S. The molecule has 5 rings (SSSR count). The lowest BCUT2D eigenvalue weighted by Gasteiger charge is -2.34. The summed E-state index contributed by atoms with van der Waals surface area (Å²) < 4.78 is 44.3. The minimum atomic E-state index is -3.58. The van der Waals surface area contributed by atoms with Gasteiger partial charge >= 0.3 is 0 Å². The highest BCUT2D eigenvalue weighted by atomic mass is 32.2. The van der Waals surface area contributed by atoms with Gasteiger partial charge in [-0.3, -0.25) is 9.47 Å². The number of sulfonamides is 1. The molecule has 182 valence electrons. The third-order valence-electron chi connectivity index (χ3n) is 6.45. The first-order valence-electron chi connectivity index (χ1n) is 11.6. The summed E-state index contributed by atoms with van der Waals surface area (Å²) in [5.41, 5.74) is 4.67. The fraction of sp³-hybridized carbons (Fsp3) is 0.308. The van der Waals surface area contributed by atoms with Crippen LogP contribution in [0.15, 0.2) is 59.6 Å². The van der Waals surface area contributed by atoms with Crippen LogP contribution in [-0.2, 0) is 16.6 Å². The van der Waals surface area contributed by atoms with Crippen LogP contribution in [0.3, 0.4) is 0 Å². The molecule has 0 saturated carbocycles. The Morgan fingerprint density at radius 1 is 0.943 bits per heavy atom. The number of hydrogen-bond donors (Lipinski definition) is 0.